The minimum absolute atomic E-state index is 0.118. The number of para-hydroxylation sites is 2. The van der Waals surface area contributed by atoms with Gasteiger partial charge in [-0.1, -0.05) is 12.1 Å². The highest BCUT2D eigenvalue weighted by molar-refractivity contribution is 5.79. The predicted octanol–water partition coefficient (Wildman–Crippen LogP) is 2.67. The predicted molar refractivity (Wildman–Crippen MR) is 125 cm³/mol. The van der Waals surface area contributed by atoms with E-state index in [1.54, 1.807) is 31.4 Å². The lowest BCUT2D eigenvalue weighted by molar-refractivity contribution is -0.121. The van der Waals surface area contributed by atoms with Crippen LogP contribution in [0.4, 0.5) is 17.5 Å². The molecule has 3 N–H and O–H groups in total. The van der Waals surface area contributed by atoms with E-state index >= 15 is 0 Å². The van der Waals surface area contributed by atoms with E-state index in [1.807, 2.05) is 37.3 Å². The number of carbonyl (C=O) groups excluding carboxylic acids is 1. The fraction of sp³-hybridized carbons (Fsp3) is 0.217. The highest BCUT2D eigenvalue weighted by atomic mass is 16.5. The zero-order chi connectivity index (χ0) is 23.2. The molecule has 4 aromatic rings. The highest BCUT2D eigenvalue weighted by Gasteiger charge is 2.12. The Bertz CT molecular complexity index is 1310. The normalized spacial score (nSPS) is 10.7. The quantitative estimate of drug-likeness (QED) is 0.334. The molecule has 2 aromatic carbocycles. The van der Waals surface area contributed by atoms with Crippen molar-refractivity contribution in [3.8, 4) is 5.75 Å². The maximum atomic E-state index is 12.3. The summed E-state index contributed by atoms with van der Waals surface area (Å²) in [7, 11) is 1.62. The average molecular weight is 448 g/mol. The molecule has 0 fully saturated rings. The average Bonchev–Trinajstić information content (AvgIpc) is 3.12. The topological polar surface area (TPSA) is 123 Å². The second kappa shape index (κ2) is 9.86. The van der Waals surface area contributed by atoms with E-state index in [1.165, 1.54) is 4.57 Å². The van der Waals surface area contributed by atoms with Crippen LogP contribution in [0.1, 0.15) is 5.69 Å². The van der Waals surface area contributed by atoms with Crippen molar-refractivity contribution in [1.82, 2.24) is 19.9 Å². The van der Waals surface area contributed by atoms with E-state index in [0.29, 0.717) is 36.0 Å². The van der Waals surface area contributed by atoms with Crippen LogP contribution in [0.3, 0.4) is 0 Å². The Balaban J connectivity index is 1.29. The van der Waals surface area contributed by atoms with Crippen LogP contribution in [0.25, 0.3) is 11.1 Å². The minimum Gasteiger partial charge on any atom is -0.497 e. The van der Waals surface area contributed by atoms with E-state index in [4.69, 9.17) is 9.15 Å². The van der Waals surface area contributed by atoms with E-state index in [9.17, 15) is 9.59 Å². The summed E-state index contributed by atoms with van der Waals surface area (Å²) < 4.78 is 11.6. The van der Waals surface area contributed by atoms with Gasteiger partial charge in [0.25, 0.3) is 0 Å². The van der Waals surface area contributed by atoms with Gasteiger partial charge >= 0.3 is 5.76 Å². The number of hydrogen-bond donors (Lipinski definition) is 3. The summed E-state index contributed by atoms with van der Waals surface area (Å²) in [6.07, 6.45) is 0. The molecule has 0 aliphatic rings. The summed E-state index contributed by atoms with van der Waals surface area (Å²) in [5.41, 5.74) is 2.70. The second-order valence-electron chi connectivity index (χ2n) is 7.27. The number of hydrogen-bond acceptors (Lipinski definition) is 8. The number of methoxy groups -OCH3 is 1. The smallest absolute Gasteiger partial charge is 0.420 e. The summed E-state index contributed by atoms with van der Waals surface area (Å²) in [4.78, 5) is 33.1. The van der Waals surface area contributed by atoms with Crippen LogP contribution in [0, 0.1) is 6.92 Å². The minimum atomic E-state index is -0.561. The zero-order valence-electron chi connectivity index (χ0n) is 18.3. The standard InChI is InChI=1S/C23H24N6O4/c1-15-13-20(27-16-7-9-17(32-2)10-8-16)28-22(26-15)25-12-11-24-21(30)14-29-18-5-3-4-6-19(18)33-23(29)31/h3-10,13H,11-12,14H2,1-2H3,(H,24,30)(H2,25,26,27,28). The first-order valence-corrected chi connectivity index (χ1v) is 10.4. The van der Waals surface area contributed by atoms with Crippen molar-refractivity contribution in [1.29, 1.82) is 0 Å². The lowest BCUT2D eigenvalue weighted by atomic mass is 10.3. The monoisotopic (exact) mass is 448 g/mol. The fourth-order valence-electron chi connectivity index (χ4n) is 3.27. The summed E-state index contributed by atoms with van der Waals surface area (Å²) in [6, 6.07) is 16.3. The summed E-state index contributed by atoms with van der Waals surface area (Å²) in [5.74, 6) is 1.00. The van der Waals surface area contributed by atoms with Crippen molar-refractivity contribution < 1.29 is 13.9 Å². The Morgan fingerprint density at radius 3 is 2.67 bits per heavy atom. The molecule has 2 aromatic heterocycles. The first kappa shape index (κ1) is 21.9. The Kier molecular flexibility index (Phi) is 6.53. The molecule has 1 amide bonds. The molecule has 0 spiro atoms. The van der Waals surface area contributed by atoms with Crippen molar-refractivity contribution in [3.05, 3.63) is 70.8 Å². The van der Waals surface area contributed by atoms with E-state index < -0.39 is 5.76 Å². The summed E-state index contributed by atoms with van der Waals surface area (Å²) in [6.45, 7) is 2.51. The van der Waals surface area contributed by atoms with E-state index in [2.05, 4.69) is 25.9 Å². The van der Waals surface area contributed by atoms with Gasteiger partial charge in [0.2, 0.25) is 11.9 Å². The number of nitrogens with one attached hydrogen (secondary N) is 3. The lowest BCUT2D eigenvalue weighted by Gasteiger charge is -2.11. The molecule has 0 aliphatic heterocycles. The molecule has 0 saturated carbocycles. The van der Waals surface area contributed by atoms with Crippen LogP contribution >= 0.6 is 0 Å². The second-order valence-corrected chi connectivity index (χ2v) is 7.27. The third-order valence-corrected chi connectivity index (χ3v) is 4.82. The third kappa shape index (κ3) is 5.48. The molecule has 0 saturated heterocycles. The van der Waals surface area contributed by atoms with Gasteiger partial charge in [-0.15, -0.1) is 0 Å². The number of oxazole rings is 1. The number of aryl methyl sites for hydroxylation is 1. The molecule has 2 heterocycles. The Labute approximate surface area is 189 Å². The van der Waals surface area contributed by atoms with Crippen LogP contribution in [-0.2, 0) is 11.3 Å². The molecule has 4 rings (SSSR count). The molecule has 0 atom stereocenters. The molecule has 170 valence electrons. The Hall–Kier alpha value is -4.34. The van der Waals surface area contributed by atoms with Gasteiger partial charge in [0.1, 0.15) is 18.1 Å². The largest absolute Gasteiger partial charge is 0.497 e. The van der Waals surface area contributed by atoms with Crippen LogP contribution in [0.15, 0.2) is 63.8 Å². The lowest BCUT2D eigenvalue weighted by Crippen LogP contribution is -2.33. The van der Waals surface area contributed by atoms with E-state index in [0.717, 1.165) is 17.1 Å². The molecular weight excluding hydrogens is 424 g/mol. The number of amides is 1. The van der Waals surface area contributed by atoms with Crippen molar-refractivity contribution in [2.24, 2.45) is 0 Å². The molecule has 0 radical (unpaired) electrons. The Morgan fingerprint density at radius 2 is 1.88 bits per heavy atom. The molecule has 10 nitrogen and oxygen atoms in total. The van der Waals surface area contributed by atoms with Crippen LogP contribution in [0.2, 0.25) is 0 Å². The maximum Gasteiger partial charge on any atom is 0.420 e. The number of ether oxygens (including phenoxy) is 1. The molecular formula is C23H24N6O4. The van der Waals surface area contributed by atoms with Crippen molar-refractivity contribution in [2.45, 2.75) is 13.5 Å². The number of benzene rings is 2. The number of rotatable bonds is 9. The number of fused-ring (bicyclic) bond motifs is 1. The maximum absolute atomic E-state index is 12.3. The number of nitrogens with zero attached hydrogens (tertiary/aromatic N) is 3. The van der Waals surface area contributed by atoms with Crippen molar-refractivity contribution >= 4 is 34.5 Å². The molecule has 0 aliphatic carbocycles. The van der Waals surface area contributed by atoms with Gasteiger partial charge in [0, 0.05) is 30.5 Å². The van der Waals surface area contributed by atoms with Gasteiger partial charge in [-0.05, 0) is 43.3 Å². The highest BCUT2D eigenvalue weighted by Crippen LogP contribution is 2.20. The summed E-state index contributed by atoms with van der Waals surface area (Å²) in [5, 5.41) is 9.11. The third-order valence-electron chi connectivity index (χ3n) is 4.82. The molecule has 0 bridgehead atoms. The van der Waals surface area contributed by atoms with Gasteiger partial charge in [-0.3, -0.25) is 9.36 Å². The van der Waals surface area contributed by atoms with Crippen molar-refractivity contribution in [3.63, 3.8) is 0 Å². The van der Waals surface area contributed by atoms with Gasteiger partial charge in [0.15, 0.2) is 5.58 Å². The number of anilines is 3. The van der Waals surface area contributed by atoms with Gasteiger partial charge < -0.3 is 25.1 Å². The van der Waals surface area contributed by atoms with Crippen LogP contribution < -0.4 is 26.4 Å². The van der Waals surface area contributed by atoms with Crippen LogP contribution in [0.5, 0.6) is 5.75 Å². The molecule has 33 heavy (non-hydrogen) atoms. The Morgan fingerprint density at radius 1 is 1.09 bits per heavy atom. The molecule has 10 heteroatoms. The first-order chi connectivity index (χ1) is 16.0. The molecule has 0 unspecified atom stereocenters. The fourth-order valence-corrected chi connectivity index (χ4v) is 3.27. The number of aromatic nitrogens is 3. The first-order valence-electron chi connectivity index (χ1n) is 10.4. The van der Waals surface area contributed by atoms with E-state index in [-0.39, 0.29) is 12.5 Å². The SMILES string of the molecule is COc1ccc(Nc2cc(C)nc(NCCNC(=O)Cn3c(=O)oc4ccccc43)n2)cc1. The van der Waals surface area contributed by atoms with Gasteiger partial charge in [-0.2, -0.15) is 4.98 Å². The van der Waals surface area contributed by atoms with Crippen LogP contribution in [-0.4, -0.2) is 40.6 Å². The number of carbonyl (C=O) groups is 1. The van der Waals surface area contributed by atoms with Gasteiger partial charge in [0.05, 0.1) is 12.6 Å². The zero-order valence-corrected chi connectivity index (χ0v) is 18.3. The van der Waals surface area contributed by atoms with Gasteiger partial charge in [-0.25, -0.2) is 9.78 Å². The van der Waals surface area contributed by atoms with Crippen molar-refractivity contribution in [2.75, 3.05) is 30.8 Å². The summed E-state index contributed by atoms with van der Waals surface area (Å²) >= 11 is 0.